The topological polar surface area (TPSA) is 56.7 Å². The Morgan fingerprint density at radius 1 is 1.35 bits per heavy atom. The Morgan fingerprint density at radius 3 is 2.39 bits per heavy atom. The number of nitrogens with zero attached hydrogens (tertiary/aromatic N) is 2. The Labute approximate surface area is 141 Å². The van der Waals surface area contributed by atoms with Crippen molar-refractivity contribution in [1.29, 1.82) is 0 Å². The van der Waals surface area contributed by atoms with Crippen molar-refractivity contribution < 1.29 is 4.79 Å². The summed E-state index contributed by atoms with van der Waals surface area (Å²) in [6, 6.07) is 0. The van der Waals surface area contributed by atoms with Crippen molar-refractivity contribution in [2.45, 2.75) is 26.7 Å². The highest BCUT2D eigenvalue weighted by molar-refractivity contribution is 8.36. The van der Waals surface area contributed by atoms with Gasteiger partial charge >= 0.3 is 0 Å². The Morgan fingerprint density at radius 2 is 2.00 bits per heavy atom. The smallest absolute Gasteiger partial charge is 0.229 e. The van der Waals surface area contributed by atoms with Gasteiger partial charge in [-0.25, -0.2) is 25.5 Å². The molecule has 1 rings (SSSR count). The fraction of sp³-hybridized carbons (Fsp3) is 0.529. The summed E-state index contributed by atoms with van der Waals surface area (Å²) in [5.74, 6) is 3.23. The Kier molecular flexibility index (Phi) is 7.58. The quantitative estimate of drug-likeness (QED) is 0.294. The maximum Gasteiger partial charge on any atom is 0.229 e. The molecule has 1 heterocycles. The third-order valence-corrected chi connectivity index (χ3v) is 7.24. The molecular weight excluding hydrogens is 308 g/mol. The second-order valence-corrected chi connectivity index (χ2v) is 9.69. The SMILES string of the molecule is C=C/C(C)=C(/N=C(C)C/C(=C/S1(C)CCC1)NC)N(C=O)NC. The van der Waals surface area contributed by atoms with Gasteiger partial charge in [0, 0.05) is 31.9 Å². The highest BCUT2D eigenvalue weighted by Gasteiger charge is 2.24. The van der Waals surface area contributed by atoms with E-state index in [0.29, 0.717) is 12.2 Å². The molecule has 1 aliphatic heterocycles. The van der Waals surface area contributed by atoms with Crippen LogP contribution in [0.3, 0.4) is 0 Å². The molecule has 0 aliphatic carbocycles. The molecule has 1 aliphatic rings. The number of rotatable bonds is 9. The number of nitrogens with one attached hydrogen (secondary N) is 2. The number of hydrogen-bond acceptors (Lipinski definition) is 4. The fourth-order valence-corrected chi connectivity index (χ4v) is 4.70. The van der Waals surface area contributed by atoms with Gasteiger partial charge < -0.3 is 5.32 Å². The predicted molar refractivity (Wildman–Crippen MR) is 103 cm³/mol. The van der Waals surface area contributed by atoms with E-state index in [2.05, 4.69) is 34.0 Å². The number of carbonyl (C=O) groups is 1. The van der Waals surface area contributed by atoms with E-state index in [1.807, 2.05) is 20.9 Å². The molecule has 0 aromatic heterocycles. The molecule has 2 N–H and O–H groups in total. The molecule has 6 heteroatoms. The van der Waals surface area contributed by atoms with E-state index in [-0.39, 0.29) is 0 Å². The van der Waals surface area contributed by atoms with Crippen molar-refractivity contribution in [3.63, 3.8) is 0 Å². The van der Waals surface area contributed by atoms with Gasteiger partial charge in [0.05, 0.1) is 0 Å². The molecule has 0 bridgehead atoms. The molecule has 23 heavy (non-hydrogen) atoms. The molecule has 130 valence electrons. The minimum absolute atomic E-state index is 0.558. The summed E-state index contributed by atoms with van der Waals surface area (Å²) in [4.78, 5) is 15.8. The van der Waals surface area contributed by atoms with Crippen LogP contribution in [-0.2, 0) is 4.79 Å². The van der Waals surface area contributed by atoms with Crippen molar-refractivity contribution in [3.05, 3.63) is 35.2 Å². The van der Waals surface area contributed by atoms with Crippen LogP contribution in [0.4, 0.5) is 0 Å². The lowest BCUT2D eigenvalue weighted by Gasteiger charge is -2.42. The van der Waals surface area contributed by atoms with Crippen LogP contribution in [0.1, 0.15) is 26.7 Å². The van der Waals surface area contributed by atoms with Gasteiger partial charge in [0.25, 0.3) is 0 Å². The van der Waals surface area contributed by atoms with Crippen molar-refractivity contribution in [2.75, 3.05) is 31.9 Å². The third kappa shape index (κ3) is 5.55. The lowest BCUT2D eigenvalue weighted by atomic mass is 10.2. The van der Waals surface area contributed by atoms with Crippen molar-refractivity contribution in [2.24, 2.45) is 4.99 Å². The molecule has 1 fully saturated rings. The summed E-state index contributed by atoms with van der Waals surface area (Å²) in [6.07, 6.45) is 6.89. The summed E-state index contributed by atoms with van der Waals surface area (Å²) in [7, 11) is 3.09. The van der Waals surface area contributed by atoms with E-state index >= 15 is 0 Å². The Balaban J connectivity index is 2.99. The minimum atomic E-state index is -0.558. The summed E-state index contributed by atoms with van der Waals surface area (Å²) >= 11 is 0. The van der Waals surface area contributed by atoms with Gasteiger partial charge in [0.2, 0.25) is 6.41 Å². The van der Waals surface area contributed by atoms with Crippen LogP contribution in [0.5, 0.6) is 0 Å². The van der Waals surface area contributed by atoms with Crippen molar-refractivity contribution >= 4 is 22.1 Å². The first-order valence-corrected chi connectivity index (χ1v) is 10.2. The molecule has 0 spiro atoms. The average molecular weight is 339 g/mol. The van der Waals surface area contributed by atoms with Crippen LogP contribution in [0, 0.1) is 0 Å². The first-order chi connectivity index (χ1) is 10.9. The summed E-state index contributed by atoms with van der Waals surface area (Å²) in [6.45, 7) is 7.64. The predicted octanol–water partition coefficient (Wildman–Crippen LogP) is 2.75. The number of hydrogen-bond donors (Lipinski definition) is 2. The standard InChI is InChI=1S/C17H30N4OS/c1-7-14(2)17(21(13-22)19-5)20-15(3)11-16(18-4)12-23(6)9-8-10-23/h7,12-13,18-19H,1,8-11H2,2-6H3/b16-12-,17-14-,20-15?. The number of carbonyl (C=O) groups excluding carboxylic acids is 1. The molecule has 1 amide bonds. The maximum absolute atomic E-state index is 11.2. The average Bonchev–Trinajstić information content (AvgIpc) is 2.51. The van der Waals surface area contributed by atoms with E-state index in [1.165, 1.54) is 28.6 Å². The van der Waals surface area contributed by atoms with Gasteiger partial charge in [-0.2, -0.15) is 0 Å². The lowest BCUT2D eigenvalue weighted by Crippen LogP contribution is -2.33. The van der Waals surface area contributed by atoms with Gasteiger partial charge in [0.1, 0.15) is 0 Å². The molecule has 0 atom stereocenters. The van der Waals surface area contributed by atoms with Gasteiger partial charge in [0.15, 0.2) is 5.82 Å². The zero-order chi connectivity index (χ0) is 17.5. The van der Waals surface area contributed by atoms with Crippen LogP contribution in [0.15, 0.2) is 40.1 Å². The monoisotopic (exact) mass is 338 g/mol. The molecule has 1 saturated heterocycles. The molecule has 5 nitrogen and oxygen atoms in total. The lowest BCUT2D eigenvalue weighted by molar-refractivity contribution is -0.118. The Hall–Kier alpha value is -1.53. The van der Waals surface area contributed by atoms with Gasteiger partial charge in [-0.15, -0.1) is 0 Å². The summed E-state index contributed by atoms with van der Waals surface area (Å²) < 4.78 is 0. The van der Waals surface area contributed by atoms with E-state index in [9.17, 15) is 4.79 Å². The molecule has 0 aromatic carbocycles. The van der Waals surface area contributed by atoms with Gasteiger partial charge in [-0.05, 0) is 49.0 Å². The summed E-state index contributed by atoms with van der Waals surface area (Å²) in [5.41, 5.74) is 5.83. The van der Waals surface area contributed by atoms with E-state index in [1.54, 1.807) is 13.1 Å². The molecule has 0 radical (unpaired) electrons. The van der Waals surface area contributed by atoms with Gasteiger partial charge in [-0.1, -0.05) is 12.7 Å². The maximum atomic E-state index is 11.2. The highest BCUT2D eigenvalue weighted by atomic mass is 32.3. The largest absolute Gasteiger partial charge is 0.391 e. The number of amides is 1. The van der Waals surface area contributed by atoms with Crippen LogP contribution < -0.4 is 10.7 Å². The third-order valence-electron chi connectivity index (χ3n) is 3.95. The molecule has 0 unspecified atom stereocenters. The number of hydrazine groups is 1. The highest BCUT2D eigenvalue weighted by Crippen LogP contribution is 2.55. The fourth-order valence-electron chi connectivity index (χ4n) is 2.38. The zero-order valence-electron chi connectivity index (χ0n) is 15.0. The number of allylic oxidation sites excluding steroid dienone is 3. The molecule has 0 aromatic rings. The van der Waals surface area contributed by atoms with Crippen LogP contribution >= 0.6 is 10.0 Å². The van der Waals surface area contributed by atoms with Crippen molar-refractivity contribution in [3.8, 4) is 0 Å². The van der Waals surface area contributed by atoms with Crippen LogP contribution in [0.2, 0.25) is 0 Å². The van der Waals surface area contributed by atoms with Crippen LogP contribution in [-0.4, -0.2) is 49.0 Å². The second-order valence-electron chi connectivity index (χ2n) is 5.94. The Bertz CT molecular complexity index is 533. The van der Waals surface area contributed by atoms with Crippen molar-refractivity contribution in [1.82, 2.24) is 15.8 Å². The zero-order valence-corrected chi connectivity index (χ0v) is 15.8. The number of aliphatic imine (C=N–C) groups is 1. The minimum Gasteiger partial charge on any atom is -0.391 e. The van der Waals surface area contributed by atoms with Gasteiger partial charge in [-0.3, -0.25) is 4.79 Å². The molecular formula is C17H30N4OS. The second kappa shape index (κ2) is 8.93. The van der Waals surface area contributed by atoms with E-state index in [4.69, 9.17) is 0 Å². The molecule has 0 saturated carbocycles. The van der Waals surface area contributed by atoms with E-state index in [0.717, 1.165) is 17.7 Å². The van der Waals surface area contributed by atoms with Crippen LogP contribution in [0.25, 0.3) is 0 Å². The first-order valence-electron chi connectivity index (χ1n) is 7.80. The normalized spacial score (nSPS) is 20.0. The summed E-state index contributed by atoms with van der Waals surface area (Å²) in [5, 5.41) is 7.07. The van der Waals surface area contributed by atoms with E-state index < -0.39 is 10.0 Å². The first kappa shape index (κ1) is 19.5.